The van der Waals surface area contributed by atoms with Crippen LogP contribution in [0.25, 0.3) is 5.65 Å². The molecule has 0 spiro atoms. The molecular weight excluding hydrogens is 328 g/mol. The molecule has 0 radical (unpaired) electrons. The second-order valence-corrected chi connectivity index (χ2v) is 6.62. The van der Waals surface area contributed by atoms with E-state index >= 15 is 0 Å². The first kappa shape index (κ1) is 15.1. The summed E-state index contributed by atoms with van der Waals surface area (Å²) in [6.07, 6.45) is 11.3. The van der Waals surface area contributed by atoms with E-state index in [0.29, 0.717) is 13.1 Å². The molecule has 4 aromatic heterocycles. The van der Waals surface area contributed by atoms with Gasteiger partial charge in [0.1, 0.15) is 18.0 Å². The smallest absolute Gasteiger partial charge is 0.154 e. The van der Waals surface area contributed by atoms with Gasteiger partial charge in [0.2, 0.25) is 0 Å². The summed E-state index contributed by atoms with van der Waals surface area (Å²) in [5.41, 5.74) is 2.92. The number of hydrogen-bond donors (Lipinski definition) is 1. The molecule has 5 rings (SSSR count). The van der Waals surface area contributed by atoms with E-state index in [1.165, 1.54) is 12.8 Å². The maximum atomic E-state index is 4.60. The first-order valence-corrected chi connectivity index (χ1v) is 8.95. The number of imidazole rings is 1. The normalized spacial score (nSPS) is 13.8. The van der Waals surface area contributed by atoms with Crippen LogP contribution in [0.2, 0.25) is 0 Å². The zero-order valence-corrected chi connectivity index (χ0v) is 14.4. The summed E-state index contributed by atoms with van der Waals surface area (Å²) in [5, 5.41) is 16.5. The molecule has 0 bridgehead atoms. The second kappa shape index (κ2) is 6.29. The van der Waals surface area contributed by atoms with Gasteiger partial charge >= 0.3 is 0 Å². The van der Waals surface area contributed by atoms with Gasteiger partial charge in [-0.1, -0.05) is 6.07 Å². The molecule has 4 aromatic rings. The summed E-state index contributed by atoms with van der Waals surface area (Å²) in [4.78, 5) is 4.60. The van der Waals surface area contributed by atoms with Crippen molar-refractivity contribution in [1.82, 2.24) is 33.9 Å². The maximum absolute atomic E-state index is 4.60. The fraction of sp³-hybridized carbons (Fsp3) is 0.333. The van der Waals surface area contributed by atoms with Gasteiger partial charge in [-0.15, -0.1) is 10.2 Å². The van der Waals surface area contributed by atoms with E-state index in [1.807, 2.05) is 52.1 Å². The van der Waals surface area contributed by atoms with E-state index in [0.717, 1.165) is 41.6 Å². The second-order valence-electron chi connectivity index (χ2n) is 6.62. The molecule has 0 fully saturated rings. The van der Waals surface area contributed by atoms with Crippen LogP contribution in [-0.4, -0.2) is 33.9 Å². The number of pyridine rings is 1. The van der Waals surface area contributed by atoms with Crippen molar-refractivity contribution in [2.45, 2.75) is 38.9 Å². The van der Waals surface area contributed by atoms with Crippen molar-refractivity contribution in [3.8, 4) is 0 Å². The van der Waals surface area contributed by atoms with Crippen molar-refractivity contribution < 1.29 is 0 Å². The van der Waals surface area contributed by atoms with Crippen LogP contribution in [0.3, 0.4) is 0 Å². The fourth-order valence-corrected chi connectivity index (χ4v) is 3.44. The van der Waals surface area contributed by atoms with Crippen molar-refractivity contribution in [3.05, 3.63) is 60.3 Å². The van der Waals surface area contributed by atoms with E-state index in [4.69, 9.17) is 0 Å². The molecule has 0 unspecified atom stereocenters. The summed E-state index contributed by atoms with van der Waals surface area (Å²) >= 11 is 0. The molecule has 8 nitrogen and oxygen atoms in total. The molecule has 0 saturated heterocycles. The Kier molecular flexibility index (Phi) is 3.66. The highest BCUT2D eigenvalue weighted by Gasteiger charge is 2.16. The van der Waals surface area contributed by atoms with Gasteiger partial charge in [0.05, 0.1) is 24.1 Å². The Bertz CT molecular complexity index is 1010. The van der Waals surface area contributed by atoms with E-state index in [2.05, 4.69) is 30.2 Å². The summed E-state index contributed by atoms with van der Waals surface area (Å²) in [7, 11) is 0. The lowest BCUT2D eigenvalue weighted by molar-refractivity contribution is 0.496. The Morgan fingerprint density at radius 3 is 3.08 bits per heavy atom. The van der Waals surface area contributed by atoms with E-state index < -0.39 is 0 Å². The monoisotopic (exact) mass is 348 g/mol. The molecule has 0 aliphatic carbocycles. The molecule has 1 aliphatic rings. The Hall–Kier alpha value is -3.16. The van der Waals surface area contributed by atoms with Crippen LogP contribution in [0.4, 0.5) is 5.69 Å². The summed E-state index contributed by atoms with van der Waals surface area (Å²) < 4.78 is 6.15. The van der Waals surface area contributed by atoms with E-state index in [9.17, 15) is 0 Å². The number of fused-ring (bicyclic) bond motifs is 2. The predicted molar refractivity (Wildman–Crippen MR) is 96.8 cm³/mol. The lowest BCUT2D eigenvalue weighted by Crippen LogP contribution is -2.15. The molecule has 5 heterocycles. The number of nitrogens with zero attached hydrogens (tertiary/aromatic N) is 7. The third-order valence-electron chi connectivity index (χ3n) is 4.76. The molecule has 0 saturated carbocycles. The largest absolute Gasteiger partial charge is 0.377 e. The summed E-state index contributed by atoms with van der Waals surface area (Å²) in [6, 6.07) is 5.99. The molecule has 0 atom stereocenters. The molecule has 132 valence electrons. The third kappa shape index (κ3) is 2.83. The van der Waals surface area contributed by atoms with Crippen LogP contribution in [0, 0.1) is 0 Å². The van der Waals surface area contributed by atoms with Gasteiger partial charge in [0.15, 0.2) is 5.82 Å². The highest BCUT2D eigenvalue weighted by atomic mass is 15.3. The first-order valence-electron chi connectivity index (χ1n) is 8.95. The van der Waals surface area contributed by atoms with Gasteiger partial charge in [-0.05, 0) is 25.0 Å². The summed E-state index contributed by atoms with van der Waals surface area (Å²) in [6.45, 7) is 2.31. The number of aromatic nitrogens is 7. The number of aryl methyl sites for hydroxylation is 1. The highest BCUT2D eigenvalue weighted by Crippen LogP contribution is 2.16. The van der Waals surface area contributed by atoms with Crippen LogP contribution < -0.4 is 5.32 Å². The van der Waals surface area contributed by atoms with Crippen molar-refractivity contribution in [2.24, 2.45) is 0 Å². The lowest BCUT2D eigenvalue weighted by atomic mass is 10.2. The Morgan fingerprint density at radius 1 is 1.12 bits per heavy atom. The number of nitrogens with one attached hydrogen (secondary N) is 1. The fourth-order valence-electron chi connectivity index (χ4n) is 3.44. The lowest BCUT2D eigenvalue weighted by Gasteiger charge is -2.14. The SMILES string of the molecule is c1ccn2cc(CNc3cnn(Cc4nnc5n4CCCC5)c3)nc2c1. The van der Waals surface area contributed by atoms with Gasteiger partial charge in [-0.25, -0.2) is 4.98 Å². The number of rotatable bonds is 5. The van der Waals surface area contributed by atoms with E-state index in [-0.39, 0.29) is 0 Å². The molecule has 26 heavy (non-hydrogen) atoms. The van der Waals surface area contributed by atoms with Crippen LogP contribution in [0.5, 0.6) is 0 Å². The van der Waals surface area contributed by atoms with Gasteiger partial charge in [-0.2, -0.15) is 5.10 Å². The summed E-state index contributed by atoms with van der Waals surface area (Å²) in [5.74, 6) is 2.08. The predicted octanol–water partition coefficient (Wildman–Crippen LogP) is 2.12. The van der Waals surface area contributed by atoms with Gasteiger partial charge in [0, 0.05) is 31.6 Å². The van der Waals surface area contributed by atoms with Gasteiger partial charge in [-0.3, -0.25) is 4.68 Å². The quantitative estimate of drug-likeness (QED) is 0.598. The Labute approximate surface area is 150 Å². The molecule has 1 aliphatic heterocycles. The molecule has 1 N–H and O–H groups in total. The first-order chi connectivity index (χ1) is 12.8. The molecule has 8 heteroatoms. The van der Waals surface area contributed by atoms with Crippen LogP contribution in [0.15, 0.2) is 43.0 Å². The van der Waals surface area contributed by atoms with Crippen LogP contribution >= 0.6 is 0 Å². The van der Waals surface area contributed by atoms with Crippen molar-refractivity contribution >= 4 is 11.3 Å². The highest BCUT2D eigenvalue weighted by molar-refractivity contribution is 5.42. The average molecular weight is 348 g/mol. The van der Waals surface area contributed by atoms with Crippen molar-refractivity contribution in [3.63, 3.8) is 0 Å². The van der Waals surface area contributed by atoms with Crippen LogP contribution in [-0.2, 0) is 26.1 Å². The zero-order chi connectivity index (χ0) is 17.3. The minimum atomic E-state index is 0.642. The average Bonchev–Trinajstić information content (AvgIpc) is 3.38. The topological polar surface area (TPSA) is 77.9 Å². The number of hydrogen-bond acceptors (Lipinski definition) is 5. The minimum Gasteiger partial charge on any atom is -0.377 e. The van der Waals surface area contributed by atoms with Crippen LogP contribution in [0.1, 0.15) is 30.2 Å². The number of anilines is 1. The molecule has 0 amide bonds. The van der Waals surface area contributed by atoms with Crippen molar-refractivity contribution in [1.29, 1.82) is 0 Å². The van der Waals surface area contributed by atoms with Gasteiger partial charge in [0.25, 0.3) is 0 Å². The molecular formula is C18H20N8. The maximum Gasteiger partial charge on any atom is 0.154 e. The molecule has 0 aromatic carbocycles. The third-order valence-corrected chi connectivity index (χ3v) is 4.76. The standard InChI is InChI=1S/C18H20N8/c1-3-7-24-11-15(21-16(24)5-1)9-19-14-10-20-25(12-14)13-18-23-22-17-6-2-4-8-26(17)18/h1,3,5,7,10-12,19H,2,4,6,8-9,13H2. The Balaban J connectivity index is 1.26. The Morgan fingerprint density at radius 2 is 2.12 bits per heavy atom. The van der Waals surface area contributed by atoms with Crippen molar-refractivity contribution in [2.75, 3.05) is 5.32 Å². The zero-order valence-electron chi connectivity index (χ0n) is 14.4. The minimum absolute atomic E-state index is 0.642. The van der Waals surface area contributed by atoms with E-state index in [1.54, 1.807) is 0 Å². The van der Waals surface area contributed by atoms with Gasteiger partial charge < -0.3 is 14.3 Å².